The summed E-state index contributed by atoms with van der Waals surface area (Å²) in [6, 6.07) is 11.9. The van der Waals surface area contributed by atoms with Crippen molar-refractivity contribution in [3.8, 4) is 16.9 Å². The molecule has 0 saturated carbocycles. The minimum atomic E-state index is -4.61. The van der Waals surface area contributed by atoms with Crippen LogP contribution in [-0.2, 0) is 15.7 Å². The third-order valence-electron chi connectivity index (χ3n) is 4.20. The molecular weight excluding hydrogens is 516 g/mol. The van der Waals surface area contributed by atoms with Crippen LogP contribution in [0.25, 0.3) is 16.9 Å². The lowest BCUT2D eigenvalue weighted by atomic mass is 10.0. The zero-order valence-corrected chi connectivity index (χ0v) is 17.8. The third-order valence-corrected chi connectivity index (χ3v) is 5.14. The Balaban J connectivity index is 2.37. The Kier molecular flexibility index (Phi) is 6.15. The molecule has 6 nitrogen and oxygen atoms in total. The van der Waals surface area contributed by atoms with Gasteiger partial charge in [0.2, 0.25) is 0 Å². The molecule has 2 aromatic carbocycles. The van der Waals surface area contributed by atoms with Gasteiger partial charge in [-0.2, -0.15) is 18.3 Å². The molecule has 0 amide bonds. The number of carbonyl (C=O) groups is 2. The maximum Gasteiger partial charge on any atom is 0.417 e. The molecule has 0 bridgehead atoms. The molecule has 1 aromatic heterocycles. The first-order chi connectivity index (χ1) is 14.2. The van der Waals surface area contributed by atoms with Crippen molar-refractivity contribution >= 4 is 34.5 Å². The molecule has 10 heteroatoms. The van der Waals surface area contributed by atoms with E-state index in [0.717, 1.165) is 25.0 Å². The molecular formula is C20H14F3IN2O4. The van der Waals surface area contributed by atoms with Crippen LogP contribution in [0, 0.1) is 3.57 Å². The fourth-order valence-corrected chi connectivity index (χ4v) is 3.49. The number of carbonyl (C=O) groups excluding carboxylic acids is 2. The van der Waals surface area contributed by atoms with Gasteiger partial charge in [0, 0.05) is 9.13 Å². The molecule has 0 aliphatic carbocycles. The van der Waals surface area contributed by atoms with E-state index in [1.165, 1.54) is 12.1 Å². The van der Waals surface area contributed by atoms with Crippen molar-refractivity contribution in [2.75, 3.05) is 14.2 Å². The van der Waals surface area contributed by atoms with Crippen LogP contribution in [0.3, 0.4) is 0 Å². The molecule has 0 aliphatic heterocycles. The summed E-state index contributed by atoms with van der Waals surface area (Å²) >= 11 is 1.58. The van der Waals surface area contributed by atoms with Crippen molar-refractivity contribution < 1.29 is 32.2 Å². The Bertz CT molecular complexity index is 1110. The molecule has 0 saturated heterocycles. The van der Waals surface area contributed by atoms with Gasteiger partial charge in [0.05, 0.1) is 25.5 Å². The van der Waals surface area contributed by atoms with Crippen LogP contribution in [-0.4, -0.2) is 35.9 Å². The Labute approximate surface area is 182 Å². The molecule has 3 rings (SSSR count). The maximum atomic E-state index is 13.4. The molecule has 1 heterocycles. The highest BCUT2D eigenvalue weighted by Gasteiger charge is 2.35. The molecule has 0 fully saturated rings. The van der Waals surface area contributed by atoms with E-state index in [0.29, 0.717) is 5.69 Å². The van der Waals surface area contributed by atoms with Crippen LogP contribution < -0.4 is 0 Å². The van der Waals surface area contributed by atoms with Gasteiger partial charge in [-0.05, 0) is 46.9 Å². The zero-order chi connectivity index (χ0) is 22.1. The minimum Gasteiger partial charge on any atom is -0.465 e. The second-order valence-corrected chi connectivity index (χ2v) is 7.16. The lowest BCUT2D eigenvalue weighted by molar-refractivity contribution is -0.138. The number of nitrogens with zero attached hydrogens (tertiary/aromatic N) is 2. The van der Waals surface area contributed by atoms with Gasteiger partial charge in [-0.15, -0.1) is 0 Å². The van der Waals surface area contributed by atoms with E-state index in [1.807, 2.05) is 0 Å². The van der Waals surface area contributed by atoms with E-state index in [4.69, 9.17) is 9.47 Å². The summed E-state index contributed by atoms with van der Waals surface area (Å²) in [5.41, 5.74) is -1.14. The van der Waals surface area contributed by atoms with Crippen LogP contribution in [0.1, 0.15) is 26.4 Å². The van der Waals surface area contributed by atoms with Gasteiger partial charge in [0.1, 0.15) is 11.3 Å². The number of aromatic nitrogens is 2. The van der Waals surface area contributed by atoms with Crippen molar-refractivity contribution in [2.45, 2.75) is 6.18 Å². The molecule has 0 radical (unpaired) electrons. The van der Waals surface area contributed by atoms with Crippen LogP contribution in [0.4, 0.5) is 13.2 Å². The first kappa shape index (κ1) is 21.8. The van der Waals surface area contributed by atoms with E-state index < -0.39 is 23.7 Å². The van der Waals surface area contributed by atoms with Crippen LogP contribution >= 0.6 is 22.6 Å². The van der Waals surface area contributed by atoms with E-state index in [2.05, 4.69) is 5.10 Å². The average molecular weight is 530 g/mol. The maximum absolute atomic E-state index is 13.4. The number of methoxy groups -OCH3 is 2. The summed E-state index contributed by atoms with van der Waals surface area (Å²) in [7, 11) is 2.22. The van der Waals surface area contributed by atoms with Gasteiger partial charge in [-0.3, -0.25) is 0 Å². The summed E-state index contributed by atoms with van der Waals surface area (Å²) in [6.45, 7) is 0. The number of halogens is 4. The van der Waals surface area contributed by atoms with Crippen LogP contribution in [0.2, 0.25) is 0 Å². The highest BCUT2D eigenvalue weighted by molar-refractivity contribution is 14.1. The molecule has 30 heavy (non-hydrogen) atoms. The number of hydrogen-bond donors (Lipinski definition) is 0. The van der Waals surface area contributed by atoms with Gasteiger partial charge in [0.15, 0.2) is 5.69 Å². The molecule has 0 N–H and O–H groups in total. The zero-order valence-electron chi connectivity index (χ0n) is 15.7. The molecule has 3 aromatic rings. The smallest absolute Gasteiger partial charge is 0.417 e. The minimum absolute atomic E-state index is 0.00275. The fourth-order valence-electron chi connectivity index (χ4n) is 2.85. The SMILES string of the molecule is COC(=O)c1c(-c2ccc(I)c(C(F)(F)F)c2)nn(-c2ccccc2)c1C(=O)OC. The summed E-state index contributed by atoms with van der Waals surface area (Å²) in [5, 5.41) is 4.29. The Hall–Kier alpha value is -2.89. The van der Waals surface area contributed by atoms with Crippen LogP contribution in [0.5, 0.6) is 0 Å². The number of benzene rings is 2. The highest BCUT2D eigenvalue weighted by Crippen LogP contribution is 2.37. The number of para-hydroxylation sites is 1. The molecule has 0 spiro atoms. The second kappa shape index (κ2) is 8.46. The van der Waals surface area contributed by atoms with Crippen molar-refractivity contribution in [1.29, 1.82) is 0 Å². The Morgan fingerprint density at radius 3 is 2.20 bits per heavy atom. The molecule has 0 unspecified atom stereocenters. The van der Waals surface area contributed by atoms with Gasteiger partial charge < -0.3 is 9.47 Å². The Morgan fingerprint density at radius 1 is 1.00 bits per heavy atom. The van der Waals surface area contributed by atoms with E-state index in [-0.39, 0.29) is 26.1 Å². The average Bonchev–Trinajstić information content (AvgIpc) is 3.13. The quantitative estimate of drug-likeness (QED) is 0.360. The van der Waals surface area contributed by atoms with Crippen molar-refractivity contribution in [3.05, 3.63) is 68.9 Å². The number of ether oxygens (including phenoxy) is 2. The van der Waals surface area contributed by atoms with Crippen LogP contribution in [0.15, 0.2) is 48.5 Å². The first-order valence-corrected chi connectivity index (χ1v) is 9.49. The normalized spacial score (nSPS) is 11.3. The number of rotatable bonds is 4. The Morgan fingerprint density at radius 2 is 1.63 bits per heavy atom. The molecule has 0 atom stereocenters. The lowest BCUT2D eigenvalue weighted by Gasteiger charge is -2.11. The van der Waals surface area contributed by atoms with Gasteiger partial charge in [-0.25, -0.2) is 14.3 Å². The van der Waals surface area contributed by atoms with Gasteiger partial charge in [0.25, 0.3) is 0 Å². The van der Waals surface area contributed by atoms with Crippen molar-refractivity contribution in [1.82, 2.24) is 9.78 Å². The monoisotopic (exact) mass is 530 g/mol. The first-order valence-electron chi connectivity index (χ1n) is 8.41. The topological polar surface area (TPSA) is 70.4 Å². The summed E-state index contributed by atoms with van der Waals surface area (Å²) in [5.74, 6) is -1.82. The highest BCUT2D eigenvalue weighted by atomic mass is 127. The third kappa shape index (κ3) is 4.04. The van der Waals surface area contributed by atoms with Crippen molar-refractivity contribution in [2.24, 2.45) is 0 Å². The number of alkyl halides is 3. The predicted octanol–water partition coefficient (Wildman–Crippen LogP) is 4.74. The molecule has 156 valence electrons. The summed E-state index contributed by atoms with van der Waals surface area (Å²) in [4.78, 5) is 25.0. The lowest BCUT2D eigenvalue weighted by Crippen LogP contribution is -2.15. The van der Waals surface area contributed by atoms with Gasteiger partial charge in [-0.1, -0.05) is 24.3 Å². The number of esters is 2. The summed E-state index contributed by atoms with van der Waals surface area (Å²) in [6.07, 6.45) is -4.61. The summed E-state index contributed by atoms with van der Waals surface area (Å²) < 4.78 is 50.9. The van der Waals surface area contributed by atoms with Gasteiger partial charge >= 0.3 is 18.1 Å². The largest absolute Gasteiger partial charge is 0.465 e. The predicted molar refractivity (Wildman–Crippen MR) is 109 cm³/mol. The van der Waals surface area contributed by atoms with E-state index >= 15 is 0 Å². The van der Waals surface area contributed by atoms with Crippen molar-refractivity contribution in [3.63, 3.8) is 0 Å². The second-order valence-electron chi connectivity index (χ2n) is 6.00. The molecule has 0 aliphatic rings. The number of hydrogen-bond acceptors (Lipinski definition) is 5. The van der Waals surface area contributed by atoms with E-state index in [9.17, 15) is 22.8 Å². The standard InChI is InChI=1S/C20H14F3IN2O4/c1-29-18(27)15-16(11-8-9-14(24)13(10-11)20(21,22)23)25-26(17(15)19(28)30-2)12-6-4-3-5-7-12/h3-10H,1-2H3. The fraction of sp³-hybridized carbons (Fsp3) is 0.150. The van der Waals surface area contributed by atoms with E-state index in [1.54, 1.807) is 52.9 Å².